The summed E-state index contributed by atoms with van der Waals surface area (Å²) in [5, 5.41) is 8.64. The van der Waals surface area contributed by atoms with Crippen LogP contribution in [0, 0.1) is 6.92 Å². The van der Waals surface area contributed by atoms with Crippen LogP contribution >= 0.6 is 0 Å². The van der Waals surface area contributed by atoms with Gasteiger partial charge in [0.05, 0.1) is 7.11 Å². The maximum atomic E-state index is 10.5. The molecule has 0 radical (unpaired) electrons. The van der Waals surface area contributed by atoms with Crippen LogP contribution in [0.4, 0.5) is 0 Å². The lowest BCUT2D eigenvalue weighted by molar-refractivity contribution is -0.131. The Bertz CT molecular complexity index is 672. The van der Waals surface area contributed by atoms with Crippen LogP contribution in [0.1, 0.15) is 16.7 Å². The van der Waals surface area contributed by atoms with Crippen LogP contribution in [0.25, 0.3) is 6.08 Å². The zero-order valence-corrected chi connectivity index (χ0v) is 12.6. The number of hydrogen-bond donors (Lipinski definition) is 1. The second-order valence-electron chi connectivity index (χ2n) is 4.86. The number of carboxylic acid groups (broad SMARTS) is 1. The highest BCUT2D eigenvalue weighted by atomic mass is 16.5. The second kappa shape index (κ2) is 7.31. The number of hydrogen-bond acceptors (Lipinski definition) is 3. The standard InChI is InChI=1S/C18H18O4/c1-13-3-5-15(6-4-13)12-22-16-9-7-14(8-10-18(19)20)11-17(16)21-2/h3-11H,12H2,1-2H3,(H,19,20). The van der Waals surface area contributed by atoms with Crippen molar-refractivity contribution in [1.29, 1.82) is 0 Å². The third-order valence-corrected chi connectivity index (χ3v) is 3.12. The van der Waals surface area contributed by atoms with Crippen LogP contribution in [0.3, 0.4) is 0 Å². The van der Waals surface area contributed by atoms with E-state index in [2.05, 4.69) is 0 Å². The minimum atomic E-state index is -0.987. The molecular weight excluding hydrogens is 280 g/mol. The molecule has 4 heteroatoms. The first-order valence-corrected chi connectivity index (χ1v) is 6.86. The maximum Gasteiger partial charge on any atom is 0.328 e. The molecule has 0 saturated heterocycles. The van der Waals surface area contributed by atoms with Gasteiger partial charge in [-0.3, -0.25) is 0 Å². The molecule has 2 aromatic rings. The van der Waals surface area contributed by atoms with Gasteiger partial charge in [0.1, 0.15) is 6.61 Å². The largest absolute Gasteiger partial charge is 0.493 e. The van der Waals surface area contributed by atoms with Gasteiger partial charge >= 0.3 is 5.97 Å². The summed E-state index contributed by atoms with van der Waals surface area (Å²) in [6, 6.07) is 13.4. The molecule has 0 aliphatic rings. The molecule has 0 aliphatic carbocycles. The zero-order chi connectivity index (χ0) is 15.9. The van der Waals surface area contributed by atoms with Crippen molar-refractivity contribution in [2.75, 3.05) is 7.11 Å². The van der Waals surface area contributed by atoms with E-state index < -0.39 is 5.97 Å². The molecular formula is C18H18O4. The van der Waals surface area contributed by atoms with Crippen LogP contribution in [-0.2, 0) is 11.4 Å². The predicted octanol–water partition coefficient (Wildman–Crippen LogP) is 3.68. The van der Waals surface area contributed by atoms with Gasteiger partial charge in [0, 0.05) is 6.08 Å². The van der Waals surface area contributed by atoms with Crippen LogP contribution in [0.15, 0.2) is 48.5 Å². The van der Waals surface area contributed by atoms with E-state index >= 15 is 0 Å². The number of aryl methyl sites for hydroxylation is 1. The van der Waals surface area contributed by atoms with Gasteiger partial charge in [-0.15, -0.1) is 0 Å². The molecule has 0 aromatic heterocycles. The highest BCUT2D eigenvalue weighted by molar-refractivity contribution is 5.85. The number of ether oxygens (including phenoxy) is 2. The van der Waals surface area contributed by atoms with Crippen molar-refractivity contribution < 1.29 is 19.4 Å². The molecule has 2 aromatic carbocycles. The summed E-state index contributed by atoms with van der Waals surface area (Å²) in [5.41, 5.74) is 3.01. The van der Waals surface area contributed by atoms with Gasteiger partial charge in [0.15, 0.2) is 11.5 Å². The third kappa shape index (κ3) is 4.38. The maximum absolute atomic E-state index is 10.5. The van der Waals surface area contributed by atoms with Gasteiger partial charge < -0.3 is 14.6 Å². The minimum absolute atomic E-state index is 0.445. The predicted molar refractivity (Wildman–Crippen MR) is 85.2 cm³/mol. The van der Waals surface area contributed by atoms with Gasteiger partial charge in [-0.05, 0) is 36.3 Å². The second-order valence-corrected chi connectivity index (χ2v) is 4.86. The van der Waals surface area contributed by atoms with E-state index in [9.17, 15) is 4.79 Å². The van der Waals surface area contributed by atoms with Crippen LogP contribution in [0.5, 0.6) is 11.5 Å². The van der Waals surface area contributed by atoms with Gasteiger partial charge in [0.25, 0.3) is 0 Å². The third-order valence-electron chi connectivity index (χ3n) is 3.12. The Kier molecular flexibility index (Phi) is 5.20. The Morgan fingerprint density at radius 1 is 1.14 bits per heavy atom. The summed E-state index contributed by atoms with van der Waals surface area (Å²) in [4.78, 5) is 10.5. The molecule has 114 valence electrons. The summed E-state index contributed by atoms with van der Waals surface area (Å²) in [7, 11) is 1.55. The Morgan fingerprint density at radius 2 is 1.86 bits per heavy atom. The lowest BCUT2D eigenvalue weighted by Crippen LogP contribution is -1.98. The van der Waals surface area contributed by atoms with Gasteiger partial charge in [-0.1, -0.05) is 35.9 Å². The fraction of sp³-hybridized carbons (Fsp3) is 0.167. The first kappa shape index (κ1) is 15.6. The average Bonchev–Trinajstić information content (AvgIpc) is 2.52. The molecule has 0 bridgehead atoms. The molecule has 0 aliphatic heterocycles. The van der Waals surface area contributed by atoms with Crippen molar-refractivity contribution in [2.24, 2.45) is 0 Å². The fourth-order valence-corrected chi connectivity index (χ4v) is 1.92. The van der Waals surface area contributed by atoms with Crippen molar-refractivity contribution >= 4 is 12.0 Å². The molecule has 0 heterocycles. The number of carboxylic acids is 1. The Morgan fingerprint density at radius 3 is 2.50 bits per heavy atom. The van der Waals surface area contributed by atoms with Crippen molar-refractivity contribution in [3.05, 3.63) is 65.2 Å². The van der Waals surface area contributed by atoms with E-state index in [4.69, 9.17) is 14.6 Å². The molecule has 0 fully saturated rings. The minimum Gasteiger partial charge on any atom is -0.493 e. The smallest absolute Gasteiger partial charge is 0.328 e. The van der Waals surface area contributed by atoms with Gasteiger partial charge in [-0.2, -0.15) is 0 Å². The molecule has 4 nitrogen and oxygen atoms in total. The first-order chi connectivity index (χ1) is 10.6. The molecule has 0 unspecified atom stereocenters. The molecule has 0 atom stereocenters. The van der Waals surface area contributed by atoms with Crippen LogP contribution in [-0.4, -0.2) is 18.2 Å². The lowest BCUT2D eigenvalue weighted by Gasteiger charge is -2.11. The van der Waals surface area contributed by atoms with Crippen molar-refractivity contribution in [3.63, 3.8) is 0 Å². The monoisotopic (exact) mass is 298 g/mol. The van der Waals surface area contributed by atoms with Crippen molar-refractivity contribution in [3.8, 4) is 11.5 Å². The number of carbonyl (C=O) groups is 1. The summed E-state index contributed by atoms with van der Waals surface area (Å²) in [5.74, 6) is 0.203. The topological polar surface area (TPSA) is 55.8 Å². The molecule has 22 heavy (non-hydrogen) atoms. The number of aliphatic carboxylic acids is 1. The van der Waals surface area contributed by atoms with Gasteiger partial charge in [-0.25, -0.2) is 4.79 Å². The lowest BCUT2D eigenvalue weighted by atomic mass is 10.1. The van der Waals surface area contributed by atoms with Crippen LogP contribution in [0.2, 0.25) is 0 Å². The molecule has 0 amide bonds. The summed E-state index contributed by atoms with van der Waals surface area (Å²) < 4.78 is 11.1. The van der Waals surface area contributed by atoms with E-state index in [1.807, 2.05) is 31.2 Å². The Labute approximate surface area is 129 Å². The summed E-state index contributed by atoms with van der Waals surface area (Å²) in [6.07, 6.45) is 2.59. The molecule has 0 spiro atoms. The highest BCUT2D eigenvalue weighted by Crippen LogP contribution is 2.29. The molecule has 0 saturated carbocycles. The molecule has 1 N–H and O–H groups in total. The first-order valence-electron chi connectivity index (χ1n) is 6.86. The zero-order valence-electron chi connectivity index (χ0n) is 12.6. The highest BCUT2D eigenvalue weighted by Gasteiger charge is 2.05. The van der Waals surface area contributed by atoms with E-state index in [1.54, 1.807) is 25.3 Å². The van der Waals surface area contributed by atoms with E-state index in [0.29, 0.717) is 18.1 Å². The van der Waals surface area contributed by atoms with Gasteiger partial charge in [0.2, 0.25) is 0 Å². The fourth-order valence-electron chi connectivity index (χ4n) is 1.92. The number of methoxy groups -OCH3 is 1. The average molecular weight is 298 g/mol. The van der Waals surface area contributed by atoms with Crippen LogP contribution < -0.4 is 9.47 Å². The van der Waals surface area contributed by atoms with E-state index in [-0.39, 0.29) is 0 Å². The normalized spacial score (nSPS) is 10.6. The summed E-state index contributed by atoms with van der Waals surface area (Å²) in [6.45, 7) is 2.48. The van der Waals surface area contributed by atoms with Crippen molar-refractivity contribution in [2.45, 2.75) is 13.5 Å². The van der Waals surface area contributed by atoms with E-state index in [1.165, 1.54) is 11.6 Å². The Hall–Kier alpha value is -2.75. The quantitative estimate of drug-likeness (QED) is 0.827. The number of benzene rings is 2. The molecule has 2 rings (SSSR count). The van der Waals surface area contributed by atoms with Crippen molar-refractivity contribution in [1.82, 2.24) is 0 Å². The number of rotatable bonds is 6. The Balaban J connectivity index is 2.10. The summed E-state index contributed by atoms with van der Waals surface area (Å²) >= 11 is 0. The van der Waals surface area contributed by atoms with E-state index in [0.717, 1.165) is 17.2 Å². The SMILES string of the molecule is COc1cc(C=CC(=O)O)ccc1OCc1ccc(C)cc1.